The summed E-state index contributed by atoms with van der Waals surface area (Å²) >= 11 is 0. The SMILES string of the molecule is CCc1ccc(N2CC(C)N(C)C(CNC)C2)cc1. The molecular formula is C16H27N3. The van der Waals surface area contributed by atoms with Crippen molar-refractivity contribution < 1.29 is 0 Å². The third-order valence-corrected chi connectivity index (χ3v) is 4.34. The van der Waals surface area contributed by atoms with Crippen LogP contribution in [0.4, 0.5) is 5.69 Å². The third kappa shape index (κ3) is 3.28. The largest absolute Gasteiger partial charge is 0.368 e. The number of aryl methyl sites for hydroxylation is 1. The van der Waals surface area contributed by atoms with Crippen molar-refractivity contribution in [2.75, 3.05) is 38.6 Å². The Kier molecular flexibility index (Phi) is 4.83. The van der Waals surface area contributed by atoms with E-state index in [2.05, 4.69) is 60.3 Å². The topological polar surface area (TPSA) is 18.5 Å². The molecule has 3 nitrogen and oxygen atoms in total. The minimum absolute atomic E-state index is 0.583. The molecule has 3 heteroatoms. The summed E-state index contributed by atoms with van der Waals surface area (Å²) in [6, 6.07) is 10.2. The molecule has 0 saturated carbocycles. The highest BCUT2D eigenvalue weighted by Crippen LogP contribution is 2.22. The van der Waals surface area contributed by atoms with Crippen molar-refractivity contribution in [3.05, 3.63) is 29.8 Å². The van der Waals surface area contributed by atoms with E-state index in [1.807, 2.05) is 7.05 Å². The van der Waals surface area contributed by atoms with Crippen LogP contribution in [0.2, 0.25) is 0 Å². The average molecular weight is 261 g/mol. The van der Waals surface area contributed by atoms with E-state index >= 15 is 0 Å². The van der Waals surface area contributed by atoms with E-state index in [1.54, 1.807) is 0 Å². The molecule has 0 spiro atoms. The van der Waals surface area contributed by atoms with E-state index in [-0.39, 0.29) is 0 Å². The van der Waals surface area contributed by atoms with Gasteiger partial charge in [-0.15, -0.1) is 0 Å². The van der Waals surface area contributed by atoms with Crippen LogP contribution in [0.3, 0.4) is 0 Å². The summed E-state index contributed by atoms with van der Waals surface area (Å²) in [5.74, 6) is 0. The van der Waals surface area contributed by atoms with Gasteiger partial charge in [0.15, 0.2) is 0 Å². The van der Waals surface area contributed by atoms with Crippen LogP contribution < -0.4 is 10.2 Å². The number of likely N-dealkylation sites (N-methyl/N-ethyl adjacent to an activating group) is 2. The van der Waals surface area contributed by atoms with Gasteiger partial charge >= 0.3 is 0 Å². The predicted octanol–water partition coefficient (Wildman–Crippen LogP) is 1.98. The van der Waals surface area contributed by atoms with Crippen LogP contribution in [0, 0.1) is 0 Å². The molecule has 0 radical (unpaired) electrons. The lowest BCUT2D eigenvalue weighted by molar-refractivity contribution is 0.157. The Morgan fingerprint density at radius 1 is 1.21 bits per heavy atom. The Hall–Kier alpha value is -1.06. The van der Waals surface area contributed by atoms with E-state index in [4.69, 9.17) is 0 Å². The van der Waals surface area contributed by atoms with E-state index in [1.165, 1.54) is 11.3 Å². The van der Waals surface area contributed by atoms with Crippen molar-refractivity contribution in [3.63, 3.8) is 0 Å². The predicted molar refractivity (Wildman–Crippen MR) is 83.0 cm³/mol. The standard InChI is InChI=1S/C16H27N3/c1-5-14-6-8-15(9-7-14)19-11-13(2)18(4)16(12-19)10-17-3/h6-9,13,16-17H,5,10-12H2,1-4H3. The van der Waals surface area contributed by atoms with Crippen LogP contribution in [-0.4, -0.2) is 50.7 Å². The second-order valence-electron chi connectivity index (χ2n) is 5.65. The van der Waals surface area contributed by atoms with Crippen molar-refractivity contribution >= 4 is 5.69 Å². The molecule has 0 aliphatic carbocycles. The van der Waals surface area contributed by atoms with Gasteiger partial charge in [-0.25, -0.2) is 0 Å². The highest BCUT2D eigenvalue weighted by atomic mass is 15.3. The van der Waals surface area contributed by atoms with Crippen molar-refractivity contribution in [3.8, 4) is 0 Å². The van der Waals surface area contributed by atoms with Gasteiger partial charge < -0.3 is 10.2 Å². The maximum atomic E-state index is 3.31. The third-order valence-electron chi connectivity index (χ3n) is 4.34. The molecule has 1 aliphatic rings. The maximum absolute atomic E-state index is 3.31. The van der Waals surface area contributed by atoms with E-state index in [0.717, 1.165) is 26.1 Å². The van der Waals surface area contributed by atoms with Gasteiger partial charge in [-0.3, -0.25) is 4.90 Å². The van der Waals surface area contributed by atoms with Gasteiger partial charge in [0.05, 0.1) is 0 Å². The summed E-state index contributed by atoms with van der Waals surface area (Å²) in [6.07, 6.45) is 1.11. The molecule has 1 aliphatic heterocycles. The summed E-state index contributed by atoms with van der Waals surface area (Å²) in [7, 11) is 4.28. The first-order valence-electron chi connectivity index (χ1n) is 7.36. The molecule has 1 fully saturated rings. The molecule has 0 bridgehead atoms. The quantitative estimate of drug-likeness (QED) is 0.894. The normalized spacial score (nSPS) is 24.7. The Morgan fingerprint density at radius 3 is 2.47 bits per heavy atom. The average Bonchev–Trinajstić information content (AvgIpc) is 2.44. The van der Waals surface area contributed by atoms with Gasteiger partial charge in [0.25, 0.3) is 0 Å². The minimum atomic E-state index is 0.583. The molecule has 1 heterocycles. The first-order valence-corrected chi connectivity index (χ1v) is 7.36. The van der Waals surface area contributed by atoms with Crippen molar-refractivity contribution in [2.24, 2.45) is 0 Å². The second-order valence-corrected chi connectivity index (χ2v) is 5.65. The molecule has 0 amide bonds. The fourth-order valence-electron chi connectivity index (χ4n) is 2.86. The van der Waals surface area contributed by atoms with Gasteiger partial charge in [-0.05, 0) is 45.1 Å². The zero-order valence-electron chi connectivity index (χ0n) is 12.7. The van der Waals surface area contributed by atoms with Crippen LogP contribution in [-0.2, 0) is 6.42 Å². The first kappa shape index (κ1) is 14.4. The minimum Gasteiger partial charge on any atom is -0.368 e. The van der Waals surface area contributed by atoms with Gasteiger partial charge in [0, 0.05) is 37.4 Å². The Labute approximate surface area is 117 Å². The number of nitrogens with zero attached hydrogens (tertiary/aromatic N) is 2. The van der Waals surface area contributed by atoms with Crippen molar-refractivity contribution in [1.82, 2.24) is 10.2 Å². The lowest BCUT2D eigenvalue weighted by atomic mass is 10.1. The van der Waals surface area contributed by atoms with Crippen LogP contribution in [0.1, 0.15) is 19.4 Å². The second kappa shape index (κ2) is 6.40. The molecule has 1 aromatic carbocycles. The maximum Gasteiger partial charge on any atom is 0.0396 e. The molecule has 1 N–H and O–H groups in total. The van der Waals surface area contributed by atoms with Crippen LogP contribution in [0.5, 0.6) is 0 Å². The van der Waals surface area contributed by atoms with Crippen molar-refractivity contribution in [1.29, 1.82) is 0 Å². The molecule has 0 aromatic heterocycles. The molecule has 1 saturated heterocycles. The van der Waals surface area contributed by atoms with Crippen LogP contribution >= 0.6 is 0 Å². The molecule has 2 rings (SSSR count). The van der Waals surface area contributed by atoms with E-state index in [9.17, 15) is 0 Å². The Bertz CT molecular complexity index is 387. The summed E-state index contributed by atoms with van der Waals surface area (Å²) in [5.41, 5.74) is 2.77. The zero-order valence-corrected chi connectivity index (χ0v) is 12.7. The first-order chi connectivity index (χ1) is 9.15. The lowest BCUT2D eigenvalue weighted by Crippen LogP contribution is -2.58. The summed E-state index contributed by atoms with van der Waals surface area (Å²) in [6.45, 7) is 7.78. The molecule has 2 unspecified atom stereocenters. The fraction of sp³-hybridized carbons (Fsp3) is 0.625. The van der Waals surface area contributed by atoms with E-state index in [0.29, 0.717) is 12.1 Å². The van der Waals surface area contributed by atoms with Crippen molar-refractivity contribution in [2.45, 2.75) is 32.4 Å². The zero-order chi connectivity index (χ0) is 13.8. The summed E-state index contributed by atoms with van der Waals surface area (Å²) < 4.78 is 0. The number of piperazine rings is 1. The highest BCUT2D eigenvalue weighted by Gasteiger charge is 2.28. The number of nitrogens with one attached hydrogen (secondary N) is 1. The molecule has 1 aromatic rings. The number of anilines is 1. The molecule has 19 heavy (non-hydrogen) atoms. The monoisotopic (exact) mass is 261 g/mol. The molecular weight excluding hydrogens is 234 g/mol. The number of benzene rings is 1. The number of hydrogen-bond acceptors (Lipinski definition) is 3. The fourth-order valence-corrected chi connectivity index (χ4v) is 2.86. The van der Waals surface area contributed by atoms with Gasteiger partial charge in [0.2, 0.25) is 0 Å². The molecule has 106 valence electrons. The number of rotatable bonds is 4. The van der Waals surface area contributed by atoms with Crippen LogP contribution in [0.25, 0.3) is 0 Å². The summed E-state index contributed by atoms with van der Waals surface area (Å²) in [4.78, 5) is 5.01. The van der Waals surface area contributed by atoms with E-state index < -0.39 is 0 Å². The van der Waals surface area contributed by atoms with Gasteiger partial charge in [-0.1, -0.05) is 19.1 Å². The van der Waals surface area contributed by atoms with Gasteiger partial charge in [-0.2, -0.15) is 0 Å². The lowest BCUT2D eigenvalue weighted by Gasteiger charge is -2.45. The van der Waals surface area contributed by atoms with Crippen LogP contribution in [0.15, 0.2) is 24.3 Å². The smallest absolute Gasteiger partial charge is 0.0396 e. The Morgan fingerprint density at radius 2 is 1.89 bits per heavy atom. The number of hydrogen-bond donors (Lipinski definition) is 1. The van der Waals surface area contributed by atoms with Gasteiger partial charge in [0.1, 0.15) is 0 Å². The Balaban J connectivity index is 2.10. The molecule has 2 atom stereocenters. The highest BCUT2D eigenvalue weighted by molar-refractivity contribution is 5.48. The summed E-state index contributed by atoms with van der Waals surface area (Å²) in [5, 5.41) is 3.31.